The standard InChI is InChI=1S/C7H4F3IN2O3/c1-3-4(16-7(8,9)10)2-12-6(11)5(3)13(14)15/h2H,1H3. The molecule has 0 radical (unpaired) electrons. The van der Waals surface area contributed by atoms with Gasteiger partial charge in [0, 0.05) is 0 Å². The number of halogens is 4. The molecule has 1 aromatic rings. The van der Waals surface area contributed by atoms with E-state index in [4.69, 9.17) is 0 Å². The van der Waals surface area contributed by atoms with Gasteiger partial charge in [0.2, 0.25) is 0 Å². The lowest BCUT2D eigenvalue weighted by Gasteiger charge is -2.10. The van der Waals surface area contributed by atoms with E-state index in [9.17, 15) is 23.3 Å². The molecule has 5 nitrogen and oxygen atoms in total. The number of nitro groups is 1. The summed E-state index contributed by atoms with van der Waals surface area (Å²) >= 11 is 1.57. The first kappa shape index (κ1) is 12.9. The highest BCUT2D eigenvalue weighted by Gasteiger charge is 2.33. The smallest absolute Gasteiger partial charge is 0.404 e. The van der Waals surface area contributed by atoms with Crippen LogP contribution < -0.4 is 4.74 Å². The van der Waals surface area contributed by atoms with E-state index in [2.05, 4.69) is 9.72 Å². The zero-order valence-electron chi connectivity index (χ0n) is 7.71. The zero-order chi connectivity index (χ0) is 12.5. The van der Waals surface area contributed by atoms with E-state index in [-0.39, 0.29) is 9.26 Å². The van der Waals surface area contributed by atoms with Crippen LogP contribution in [0, 0.1) is 20.7 Å². The fourth-order valence-electron chi connectivity index (χ4n) is 0.985. The van der Waals surface area contributed by atoms with E-state index in [1.54, 1.807) is 22.6 Å². The Hall–Kier alpha value is -1.13. The van der Waals surface area contributed by atoms with Crippen molar-refractivity contribution in [1.29, 1.82) is 0 Å². The van der Waals surface area contributed by atoms with Crippen LogP contribution >= 0.6 is 22.6 Å². The quantitative estimate of drug-likeness (QED) is 0.357. The molecule has 1 rings (SSSR count). The predicted molar refractivity (Wildman–Crippen MR) is 55.0 cm³/mol. The van der Waals surface area contributed by atoms with Gasteiger partial charge in [0.05, 0.1) is 16.7 Å². The lowest BCUT2D eigenvalue weighted by Crippen LogP contribution is -2.18. The molecule has 0 aliphatic heterocycles. The largest absolute Gasteiger partial charge is 0.573 e. The second-order valence-electron chi connectivity index (χ2n) is 2.69. The van der Waals surface area contributed by atoms with Gasteiger partial charge >= 0.3 is 12.0 Å². The molecule has 0 saturated heterocycles. The second-order valence-corrected chi connectivity index (χ2v) is 3.71. The molecule has 0 aliphatic rings. The molecule has 88 valence electrons. The van der Waals surface area contributed by atoms with Crippen molar-refractivity contribution in [2.75, 3.05) is 0 Å². The summed E-state index contributed by atoms with van der Waals surface area (Å²) in [6, 6.07) is 0. The summed E-state index contributed by atoms with van der Waals surface area (Å²) in [5.41, 5.74) is -0.691. The predicted octanol–water partition coefficient (Wildman–Crippen LogP) is 2.80. The minimum atomic E-state index is -4.90. The van der Waals surface area contributed by atoms with Crippen LogP contribution in [-0.4, -0.2) is 16.3 Å². The normalized spacial score (nSPS) is 11.3. The summed E-state index contributed by atoms with van der Waals surface area (Å²) in [6.07, 6.45) is -4.09. The third kappa shape index (κ3) is 2.93. The molecule has 0 aliphatic carbocycles. The molecule has 0 bridgehead atoms. The van der Waals surface area contributed by atoms with Crippen molar-refractivity contribution in [1.82, 2.24) is 4.98 Å². The molecule has 0 aromatic carbocycles. The Morgan fingerprint density at radius 3 is 2.56 bits per heavy atom. The molecule has 0 amide bonds. The van der Waals surface area contributed by atoms with E-state index in [0.29, 0.717) is 0 Å². The molecule has 0 atom stereocenters. The molecular weight excluding hydrogens is 344 g/mol. The van der Waals surface area contributed by atoms with E-state index in [0.717, 1.165) is 6.20 Å². The van der Waals surface area contributed by atoms with Gasteiger partial charge in [0.15, 0.2) is 9.45 Å². The van der Waals surface area contributed by atoms with Crippen molar-refractivity contribution >= 4 is 28.3 Å². The van der Waals surface area contributed by atoms with Crippen LogP contribution in [0.5, 0.6) is 5.75 Å². The van der Waals surface area contributed by atoms with Gasteiger partial charge in [-0.3, -0.25) is 10.1 Å². The first-order valence-corrected chi connectivity index (χ1v) is 4.85. The summed E-state index contributed by atoms with van der Waals surface area (Å²) in [4.78, 5) is 13.3. The maximum absolute atomic E-state index is 11.9. The lowest BCUT2D eigenvalue weighted by atomic mass is 10.2. The van der Waals surface area contributed by atoms with Crippen molar-refractivity contribution in [3.8, 4) is 5.75 Å². The number of hydrogen-bond donors (Lipinski definition) is 0. The minimum absolute atomic E-state index is 0.00891. The maximum atomic E-state index is 11.9. The Morgan fingerprint density at radius 2 is 2.12 bits per heavy atom. The lowest BCUT2D eigenvalue weighted by molar-refractivity contribution is -0.387. The van der Waals surface area contributed by atoms with Gasteiger partial charge in [-0.1, -0.05) is 0 Å². The Morgan fingerprint density at radius 1 is 1.56 bits per heavy atom. The summed E-state index contributed by atoms with van der Waals surface area (Å²) in [5.74, 6) is -0.667. The summed E-state index contributed by atoms with van der Waals surface area (Å²) in [6.45, 7) is 1.17. The molecule has 0 saturated carbocycles. The van der Waals surface area contributed by atoms with E-state index < -0.39 is 22.7 Å². The highest BCUT2D eigenvalue weighted by Crippen LogP contribution is 2.33. The van der Waals surface area contributed by atoms with Gasteiger partial charge in [0.25, 0.3) is 0 Å². The van der Waals surface area contributed by atoms with Crippen LogP contribution in [0.1, 0.15) is 5.56 Å². The first-order chi connectivity index (χ1) is 7.22. The fourth-order valence-corrected chi connectivity index (χ4v) is 1.73. The number of rotatable bonds is 2. The Balaban J connectivity index is 3.24. The van der Waals surface area contributed by atoms with Crippen LogP contribution in [0.15, 0.2) is 6.20 Å². The molecule has 16 heavy (non-hydrogen) atoms. The van der Waals surface area contributed by atoms with E-state index in [1.165, 1.54) is 6.92 Å². The number of hydrogen-bond acceptors (Lipinski definition) is 4. The van der Waals surface area contributed by atoms with Gasteiger partial charge in [-0.05, 0) is 29.5 Å². The monoisotopic (exact) mass is 348 g/mol. The van der Waals surface area contributed by atoms with Crippen molar-refractivity contribution in [2.45, 2.75) is 13.3 Å². The summed E-state index contributed by atoms with van der Waals surface area (Å²) in [5, 5.41) is 10.6. The maximum Gasteiger partial charge on any atom is 0.573 e. The van der Waals surface area contributed by atoms with Crippen molar-refractivity contribution in [3.63, 3.8) is 0 Å². The van der Waals surface area contributed by atoms with Crippen LogP contribution in [-0.2, 0) is 0 Å². The molecule has 1 aromatic heterocycles. The number of nitrogens with zero attached hydrogens (tertiary/aromatic N) is 2. The summed E-state index contributed by atoms with van der Waals surface area (Å²) in [7, 11) is 0. The van der Waals surface area contributed by atoms with Crippen LogP contribution in [0.3, 0.4) is 0 Å². The fraction of sp³-hybridized carbons (Fsp3) is 0.286. The van der Waals surface area contributed by atoms with Crippen LogP contribution in [0.4, 0.5) is 18.9 Å². The molecule has 0 N–H and O–H groups in total. The Labute approximate surface area is 101 Å². The van der Waals surface area contributed by atoms with Gasteiger partial charge in [-0.15, -0.1) is 13.2 Å². The number of ether oxygens (including phenoxy) is 1. The van der Waals surface area contributed by atoms with E-state index >= 15 is 0 Å². The van der Waals surface area contributed by atoms with Gasteiger partial charge in [-0.25, -0.2) is 4.98 Å². The second kappa shape index (κ2) is 4.39. The number of pyridine rings is 1. The van der Waals surface area contributed by atoms with Crippen molar-refractivity contribution in [2.24, 2.45) is 0 Å². The molecular formula is C7H4F3IN2O3. The first-order valence-electron chi connectivity index (χ1n) is 3.77. The average Bonchev–Trinajstić information content (AvgIpc) is 2.07. The molecule has 9 heteroatoms. The summed E-state index contributed by atoms with van der Waals surface area (Å²) < 4.78 is 39.4. The third-order valence-electron chi connectivity index (χ3n) is 1.62. The molecule has 1 heterocycles. The van der Waals surface area contributed by atoms with Gasteiger partial charge in [-0.2, -0.15) is 0 Å². The number of alkyl halides is 3. The minimum Gasteiger partial charge on any atom is -0.404 e. The Kier molecular flexibility index (Phi) is 3.55. The van der Waals surface area contributed by atoms with Crippen LogP contribution in [0.25, 0.3) is 0 Å². The number of aromatic nitrogens is 1. The SMILES string of the molecule is Cc1c(OC(F)(F)F)cnc(I)c1[N+](=O)[O-]. The third-order valence-corrected chi connectivity index (χ3v) is 2.41. The molecule has 0 fully saturated rings. The zero-order valence-corrected chi connectivity index (χ0v) is 9.87. The molecule has 0 unspecified atom stereocenters. The van der Waals surface area contributed by atoms with Crippen molar-refractivity contribution in [3.05, 3.63) is 25.6 Å². The van der Waals surface area contributed by atoms with Crippen LogP contribution in [0.2, 0.25) is 0 Å². The van der Waals surface area contributed by atoms with Gasteiger partial charge in [0.1, 0.15) is 0 Å². The highest BCUT2D eigenvalue weighted by atomic mass is 127. The molecule has 0 spiro atoms. The van der Waals surface area contributed by atoms with Crippen molar-refractivity contribution < 1.29 is 22.8 Å². The topological polar surface area (TPSA) is 65.3 Å². The van der Waals surface area contributed by atoms with E-state index in [1.807, 2.05) is 0 Å². The van der Waals surface area contributed by atoms with Gasteiger partial charge < -0.3 is 4.74 Å². The highest BCUT2D eigenvalue weighted by molar-refractivity contribution is 14.1. The average molecular weight is 348 g/mol. The Bertz CT molecular complexity index is 436.